The average molecular weight is 530 g/mol. The highest BCUT2D eigenvalue weighted by molar-refractivity contribution is 5.81. The molecule has 14 N–H and O–H groups in total. The fourth-order valence-corrected chi connectivity index (χ4v) is 3.48. The number of carbonyl (C=O) groups excluding carboxylic acids is 2. The van der Waals surface area contributed by atoms with Crippen molar-refractivity contribution in [2.24, 2.45) is 44.4 Å². The molecule has 0 aliphatic carbocycles. The number of methoxy groups -OCH3 is 1. The third-order valence-corrected chi connectivity index (χ3v) is 5.62. The quantitative estimate of drug-likeness (QED) is 0.0392. The number of aliphatic imine (C=N–C) groups is 2. The van der Waals surface area contributed by atoms with Crippen molar-refractivity contribution in [3.63, 3.8) is 0 Å². The summed E-state index contributed by atoms with van der Waals surface area (Å²) in [5.41, 5.74) is 33.1. The van der Waals surface area contributed by atoms with E-state index in [0.29, 0.717) is 45.6 Å². The molecule has 0 aromatic heterocycles. The summed E-state index contributed by atoms with van der Waals surface area (Å²) in [7, 11) is 1.66. The molecule has 0 rings (SSSR count). The van der Waals surface area contributed by atoms with Gasteiger partial charge in [0.05, 0.1) is 18.7 Å². The average Bonchev–Trinajstić information content (AvgIpc) is 2.85. The predicted octanol–water partition coefficient (Wildman–Crippen LogP) is -2.51. The molecule has 0 bridgehead atoms. The van der Waals surface area contributed by atoms with Crippen LogP contribution in [0, 0.1) is 0 Å². The Morgan fingerprint density at radius 3 is 1.54 bits per heavy atom. The van der Waals surface area contributed by atoms with Crippen LogP contribution in [0.25, 0.3) is 0 Å². The zero-order chi connectivity index (χ0) is 27.9. The van der Waals surface area contributed by atoms with Gasteiger partial charge in [-0.25, -0.2) is 0 Å². The van der Waals surface area contributed by atoms with E-state index < -0.39 is 12.1 Å². The minimum Gasteiger partial charge on any atom is -0.383 e. The summed E-state index contributed by atoms with van der Waals surface area (Å²) in [5.74, 6) is -0.167. The first kappa shape index (κ1) is 34.3. The lowest BCUT2D eigenvalue weighted by Crippen LogP contribution is -2.42. The van der Waals surface area contributed by atoms with Gasteiger partial charge in [0.15, 0.2) is 11.9 Å². The van der Waals surface area contributed by atoms with E-state index in [1.165, 1.54) is 0 Å². The lowest BCUT2D eigenvalue weighted by molar-refractivity contribution is -0.123. The third-order valence-electron chi connectivity index (χ3n) is 5.62. The van der Waals surface area contributed by atoms with Crippen molar-refractivity contribution in [1.29, 1.82) is 0 Å². The van der Waals surface area contributed by atoms with Crippen molar-refractivity contribution >= 4 is 23.7 Å². The van der Waals surface area contributed by atoms with E-state index >= 15 is 0 Å². The molecule has 0 fully saturated rings. The largest absolute Gasteiger partial charge is 0.383 e. The van der Waals surface area contributed by atoms with Crippen LogP contribution in [-0.2, 0) is 14.3 Å². The van der Waals surface area contributed by atoms with E-state index in [-0.39, 0.29) is 23.7 Å². The number of guanidine groups is 2. The Kier molecular flexibility index (Phi) is 20.9. The van der Waals surface area contributed by atoms with Gasteiger partial charge in [-0.2, -0.15) is 0 Å². The predicted molar refractivity (Wildman–Crippen MR) is 149 cm³/mol. The van der Waals surface area contributed by atoms with Crippen LogP contribution in [-0.4, -0.2) is 100 Å². The monoisotopic (exact) mass is 529 g/mol. The number of nitrogens with two attached hydrogens (primary N) is 6. The van der Waals surface area contributed by atoms with Crippen molar-refractivity contribution in [2.45, 2.75) is 63.5 Å². The van der Waals surface area contributed by atoms with Crippen LogP contribution in [0.15, 0.2) is 9.98 Å². The van der Waals surface area contributed by atoms with Crippen LogP contribution >= 0.6 is 0 Å². The van der Waals surface area contributed by atoms with Crippen LogP contribution in [0.5, 0.6) is 0 Å². The van der Waals surface area contributed by atoms with Crippen molar-refractivity contribution in [3.05, 3.63) is 0 Å². The number of nitrogens with one attached hydrogen (secondary N) is 2. The zero-order valence-corrected chi connectivity index (χ0v) is 22.5. The molecule has 0 aromatic carbocycles. The van der Waals surface area contributed by atoms with Gasteiger partial charge in [-0.05, 0) is 64.5 Å². The number of hydrogen-bond donors (Lipinski definition) is 8. The Balaban J connectivity index is 4.09. The highest BCUT2D eigenvalue weighted by atomic mass is 16.5. The number of unbranched alkanes of at least 4 members (excludes halogenated alkanes) is 2. The molecular formula is C23H51N11O3. The lowest BCUT2D eigenvalue weighted by atomic mass is 10.1. The first-order chi connectivity index (χ1) is 17.7. The summed E-state index contributed by atoms with van der Waals surface area (Å²) in [6.45, 7) is 5.11. The van der Waals surface area contributed by atoms with Gasteiger partial charge in [-0.1, -0.05) is 0 Å². The van der Waals surface area contributed by atoms with Crippen molar-refractivity contribution in [3.8, 4) is 0 Å². The van der Waals surface area contributed by atoms with Gasteiger partial charge in [-0.15, -0.1) is 0 Å². The van der Waals surface area contributed by atoms with Crippen molar-refractivity contribution in [2.75, 3.05) is 59.5 Å². The van der Waals surface area contributed by atoms with Crippen LogP contribution in [0.4, 0.5) is 0 Å². The fraction of sp³-hybridized carbons (Fsp3) is 0.826. The van der Waals surface area contributed by atoms with E-state index in [9.17, 15) is 9.59 Å². The summed E-state index contributed by atoms with van der Waals surface area (Å²) in [6.07, 6.45) is 5.83. The van der Waals surface area contributed by atoms with Crippen LogP contribution < -0.4 is 45.0 Å². The molecule has 0 heterocycles. The van der Waals surface area contributed by atoms with Crippen LogP contribution in [0.1, 0.15) is 51.4 Å². The molecule has 0 aliphatic rings. The summed E-state index contributed by atoms with van der Waals surface area (Å²) in [6, 6.07) is -1.09. The van der Waals surface area contributed by atoms with E-state index in [2.05, 4.69) is 25.5 Å². The zero-order valence-electron chi connectivity index (χ0n) is 22.5. The number of ether oxygens (including phenoxy) is 1. The second-order valence-electron chi connectivity index (χ2n) is 8.94. The topological polar surface area (TPSA) is 252 Å². The second-order valence-corrected chi connectivity index (χ2v) is 8.94. The normalized spacial score (nSPS) is 12.5. The van der Waals surface area contributed by atoms with Crippen molar-refractivity contribution in [1.82, 2.24) is 15.5 Å². The molecule has 14 heteroatoms. The van der Waals surface area contributed by atoms with E-state index in [1.807, 2.05) is 0 Å². The van der Waals surface area contributed by atoms with Gasteiger partial charge in [0.25, 0.3) is 0 Å². The molecule has 0 radical (unpaired) electrons. The minimum atomic E-state index is -0.544. The Bertz CT molecular complexity index is 616. The number of nitrogens with zero attached hydrogens (tertiary/aromatic N) is 3. The maximum absolute atomic E-state index is 12.2. The highest BCUT2D eigenvalue weighted by Gasteiger charge is 2.14. The number of amides is 2. The van der Waals surface area contributed by atoms with Gasteiger partial charge < -0.3 is 54.7 Å². The molecule has 0 spiro atoms. The standard InChI is InChI=1S/C23H51N11O3/c1-37-17-16-34(14-6-12-30-20(35)18(24)8-2-4-10-32-22(26)27)15-7-13-31-21(36)19(25)9-3-5-11-33-23(28)29/h18-19H,2-17,24-25H2,1H3,(H,30,35)(H,31,36)(H4,26,27,32)(H4,28,29,33)/t18-,19-/m0/s1. The van der Waals surface area contributed by atoms with E-state index in [4.69, 9.17) is 39.1 Å². The summed E-state index contributed by atoms with van der Waals surface area (Å²) in [4.78, 5) is 34.4. The number of carbonyl (C=O) groups is 2. The summed E-state index contributed by atoms with van der Waals surface area (Å²) < 4.78 is 5.20. The Labute approximate surface area is 221 Å². The fourth-order valence-electron chi connectivity index (χ4n) is 3.48. The van der Waals surface area contributed by atoms with Gasteiger partial charge in [-0.3, -0.25) is 19.6 Å². The second kappa shape index (κ2) is 22.5. The Morgan fingerprint density at radius 2 is 1.16 bits per heavy atom. The van der Waals surface area contributed by atoms with Gasteiger partial charge >= 0.3 is 0 Å². The third kappa shape index (κ3) is 21.1. The lowest BCUT2D eigenvalue weighted by Gasteiger charge is -2.22. The van der Waals surface area contributed by atoms with Gasteiger partial charge in [0.2, 0.25) is 11.8 Å². The Hall–Kier alpha value is -2.68. The smallest absolute Gasteiger partial charge is 0.236 e. The Morgan fingerprint density at radius 1 is 0.730 bits per heavy atom. The van der Waals surface area contributed by atoms with Gasteiger partial charge in [0.1, 0.15) is 0 Å². The minimum absolute atomic E-state index is 0.0685. The van der Waals surface area contributed by atoms with Crippen LogP contribution in [0.3, 0.4) is 0 Å². The molecule has 216 valence electrons. The maximum Gasteiger partial charge on any atom is 0.236 e. The molecule has 14 nitrogen and oxygen atoms in total. The molecule has 0 unspecified atom stereocenters. The number of hydrogen-bond acceptors (Lipinski definition) is 8. The molecular weight excluding hydrogens is 478 g/mol. The van der Waals surface area contributed by atoms with Gasteiger partial charge in [0, 0.05) is 39.8 Å². The maximum atomic E-state index is 12.2. The molecule has 0 saturated carbocycles. The molecule has 37 heavy (non-hydrogen) atoms. The van der Waals surface area contributed by atoms with Crippen molar-refractivity contribution < 1.29 is 14.3 Å². The molecule has 2 amide bonds. The molecule has 2 atom stereocenters. The van der Waals surface area contributed by atoms with Crippen LogP contribution in [0.2, 0.25) is 0 Å². The SMILES string of the molecule is COCCN(CCCNC(=O)[C@@H](N)CCCCN=C(N)N)CCCNC(=O)[C@@H](N)CCCCN=C(N)N. The number of rotatable bonds is 23. The first-order valence-electron chi connectivity index (χ1n) is 13.1. The molecule has 0 aliphatic heterocycles. The summed E-state index contributed by atoms with van der Waals surface area (Å²) >= 11 is 0. The summed E-state index contributed by atoms with van der Waals surface area (Å²) in [5, 5.41) is 5.80. The highest BCUT2D eigenvalue weighted by Crippen LogP contribution is 2.01. The first-order valence-corrected chi connectivity index (χ1v) is 13.1. The molecule has 0 aromatic rings. The molecule has 0 saturated heterocycles. The van der Waals surface area contributed by atoms with E-state index in [1.54, 1.807) is 7.11 Å². The van der Waals surface area contributed by atoms with E-state index in [0.717, 1.165) is 58.2 Å².